The SMILES string of the molecule is CC(C)Oc1ccnc(N2CCC(C)C2CBr)n1. The molecule has 0 bridgehead atoms. The number of ether oxygens (including phenoxy) is 1. The van der Waals surface area contributed by atoms with Crippen molar-refractivity contribution in [2.75, 3.05) is 16.8 Å². The van der Waals surface area contributed by atoms with Gasteiger partial charge in [0.15, 0.2) is 0 Å². The van der Waals surface area contributed by atoms with Crippen LogP contribution in [-0.4, -0.2) is 34.0 Å². The van der Waals surface area contributed by atoms with Gasteiger partial charge >= 0.3 is 0 Å². The molecule has 1 aromatic heterocycles. The summed E-state index contributed by atoms with van der Waals surface area (Å²) in [7, 11) is 0. The molecule has 0 spiro atoms. The summed E-state index contributed by atoms with van der Waals surface area (Å²) < 4.78 is 5.62. The molecule has 0 saturated carbocycles. The predicted octanol–water partition coefficient (Wildman–Crippen LogP) is 2.87. The third-order valence-electron chi connectivity index (χ3n) is 3.27. The normalized spacial score (nSPS) is 23.7. The summed E-state index contributed by atoms with van der Waals surface area (Å²) in [4.78, 5) is 11.1. The lowest BCUT2D eigenvalue weighted by Crippen LogP contribution is -2.34. The van der Waals surface area contributed by atoms with Gasteiger partial charge in [0, 0.05) is 30.2 Å². The molecule has 1 aromatic rings. The molecule has 0 amide bonds. The number of rotatable bonds is 4. The van der Waals surface area contributed by atoms with Crippen molar-refractivity contribution in [1.29, 1.82) is 0 Å². The molecule has 0 aromatic carbocycles. The Morgan fingerprint density at radius 1 is 1.56 bits per heavy atom. The average Bonchev–Trinajstić information content (AvgIpc) is 2.70. The number of alkyl halides is 1. The molecule has 2 rings (SSSR count). The van der Waals surface area contributed by atoms with Crippen molar-refractivity contribution >= 4 is 21.9 Å². The molecule has 0 aliphatic carbocycles. The van der Waals surface area contributed by atoms with Crippen LogP contribution in [0.1, 0.15) is 27.2 Å². The molecular formula is C13H20BrN3O. The second-order valence-corrected chi connectivity index (χ2v) is 5.69. The number of hydrogen-bond acceptors (Lipinski definition) is 4. The van der Waals surface area contributed by atoms with Crippen LogP contribution in [0.3, 0.4) is 0 Å². The summed E-state index contributed by atoms with van der Waals surface area (Å²) in [6.07, 6.45) is 3.10. The van der Waals surface area contributed by atoms with E-state index in [0.717, 1.165) is 17.8 Å². The van der Waals surface area contributed by atoms with Gasteiger partial charge < -0.3 is 9.64 Å². The summed E-state index contributed by atoms with van der Waals surface area (Å²) in [5.74, 6) is 2.10. The van der Waals surface area contributed by atoms with Gasteiger partial charge in [0.2, 0.25) is 11.8 Å². The van der Waals surface area contributed by atoms with Crippen molar-refractivity contribution in [2.24, 2.45) is 5.92 Å². The first-order valence-corrected chi connectivity index (χ1v) is 7.56. The largest absolute Gasteiger partial charge is 0.475 e. The highest BCUT2D eigenvalue weighted by atomic mass is 79.9. The molecule has 2 unspecified atom stereocenters. The second kappa shape index (κ2) is 5.87. The Morgan fingerprint density at radius 2 is 2.33 bits per heavy atom. The summed E-state index contributed by atoms with van der Waals surface area (Å²) >= 11 is 3.58. The topological polar surface area (TPSA) is 38.2 Å². The first-order valence-electron chi connectivity index (χ1n) is 6.44. The van der Waals surface area contributed by atoms with Crippen LogP contribution in [0.2, 0.25) is 0 Å². The quantitative estimate of drug-likeness (QED) is 0.801. The lowest BCUT2D eigenvalue weighted by Gasteiger charge is -2.25. The van der Waals surface area contributed by atoms with E-state index < -0.39 is 0 Å². The Labute approximate surface area is 117 Å². The van der Waals surface area contributed by atoms with Crippen molar-refractivity contribution in [3.63, 3.8) is 0 Å². The molecule has 1 aliphatic heterocycles. The van der Waals surface area contributed by atoms with Gasteiger partial charge in [0.05, 0.1) is 6.10 Å². The van der Waals surface area contributed by atoms with E-state index in [9.17, 15) is 0 Å². The Hall–Kier alpha value is -0.840. The Kier molecular flexibility index (Phi) is 4.43. The molecule has 2 atom stereocenters. The fourth-order valence-corrected chi connectivity index (χ4v) is 3.26. The van der Waals surface area contributed by atoms with Crippen LogP contribution in [-0.2, 0) is 0 Å². The van der Waals surface area contributed by atoms with E-state index >= 15 is 0 Å². The summed E-state index contributed by atoms with van der Waals surface area (Å²) in [5, 5.41) is 0.951. The maximum atomic E-state index is 5.62. The van der Waals surface area contributed by atoms with Gasteiger partial charge in [-0.25, -0.2) is 4.98 Å². The van der Waals surface area contributed by atoms with Crippen molar-refractivity contribution in [3.05, 3.63) is 12.3 Å². The molecule has 18 heavy (non-hydrogen) atoms. The van der Waals surface area contributed by atoms with Crippen LogP contribution in [0.25, 0.3) is 0 Å². The van der Waals surface area contributed by atoms with Crippen LogP contribution in [0.4, 0.5) is 5.95 Å². The molecule has 0 N–H and O–H groups in total. The molecule has 2 heterocycles. The Balaban J connectivity index is 2.17. The Bertz CT molecular complexity index is 400. The lowest BCUT2D eigenvalue weighted by atomic mass is 10.1. The van der Waals surface area contributed by atoms with E-state index in [0.29, 0.717) is 17.8 Å². The van der Waals surface area contributed by atoms with Crippen LogP contribution < -0.4 is 9.64 Å². The molecule has 1 aliphatic rings. The summed E-state index contributed by atoms with van der Waals surface area (Å²) in [5.41, 5.74) is 0. The fraction of sp³-hybridized carbons (Fsp3) is 0.692. The van der Waals surface area contributed by atoms with Crippen molar-refractivity contribution in [2.45, 2.75) is 39.3 Å². The minimum atomic E-state index is 0.136. The zero-order valence-electron chi connectivity index (χ0n) is 11.1. The highest BCUT2D eigenvalue weighted by molar-refractivity contribution is 9.09. The van der Waals surface area contributed by atoms with Gasteiger partial charge in [0.1, 0.15) is 0 Å². The van der Waals surface area contributed by atoms with Crippen LogP contribution in [0, 0.1) is 5.92 Å². The smallest absolute Gasteiger partial charge is 0.228 e. The van der Waals surface area contributed by atoms with Crippen molar-refractivity contribution < 1.29 is 4.74 Å². The van der Waals surface area contributed by atoms with E-state index in [1.807, 2.05) is 19.9 Å². The van der Waals surface area contributed by atoms with E-state index in [1.54, 1.807) is 6.20 Å². The van der Waals surface area contributed by atoms with Crippen LogP contribution in [0.15, 0.2) is 12.3 Å². The van der Waals surface area contributed by atoms with E-state index in [4.69, 9.17) is 4.74 Å². The summed E-state index contributed by atoms with van der Waals surface area (Å²) in [6.45, 7) is 7.30. The van der Waals surface area contributed by atoms with E-state index in [1.165, 1.54) is 6.42 Å². The monoisotopic (exact) mass is 313 g/mol. The van der Waals surface area contributed by atoms with Gasteiger partial charge in [-0.3, -0.25) is 0 Å². The zero-order chi connectivity index (χ0) is 13.1. The van der Waals surface area contributed by atoms with Gasteiger partial charge in [-0.15, -0.1) is 0 Å². The standard InChI is InChI=1S/C13H20BrN3O/c1-9(2)18-12-4-6-15-13(16-12)17-7-5-10(3)11(17)8-14/h4,6,9-11H,5,7-8H2,1-3H3. The number of anilines is 1. The summed E-state index contributed by atoms with van der Waals surface area (Å²) in [6, 6.07) is 2.28. The first-order chi connectivity index (χ1) is 8.61. The van der Waals surface area contributed by atoms with E-state index in [-0.39, 0.29) is 6.10 Å². The second-order valence-electron chi connectivity index (χ2n) is 5.04. The minimum absolute atomic E-state index is 0.136. The predicted molar refractivity (Wildman–Crippen MR) is 76.5 cm³/mol. The number of halogens is 1. The molecule has 0 radical (unpaired) electrons. The van der Waals surface area contributed by atoms with Crippen LogP contribution in [0.5, 0.6) is 5.88 Å². The lowest BCUT2D eigenvalue weighted by molar-refractivity contribution is 0.232. The highest BCUT2D eigenvalue weighted by Gasteiger charge is 2.32. The first kappa shape index (κ1) is 13.6. The van der Waals surface area contributed by atoms with E-state index in [2.05, 4.69) is 37.7 Å². The van der Waals surface area contributed by atoms with Crippen molar-refractivity contribution in [3.8, 4) is 5.88 Å². The molecule has 1 fully saturated rings. The van der Waals surface area contributed by atoms with Gasteiger partial charge in [-0.2, -0.15) is 4.98 Å². The fourth-order valence-electron chi connectivity index (χ4n) is 2.27. The number of nitrogens with zero attached hydrogens (tertiary/aromatic N) is 3. The van der Waals surface area contributed by atoms with Gasteiger partial charge in [0.25, 0.3) is 0 Å². The third-order valence-corrected chi connectivity index (χ3v) is 3.93. The third kappa shape index (κ3) is 2.94. The Morgan fingerprint density at radius 3 is 3.00 bits per heavy atom. The number of aromatic nitrogens is 2. The zero-order valence-corrected chi connectivity index (χ0v) is 12.7. The van der Waals surface area contributed by atoms with Gasteiger partial charge in [-0.1, -0.05) is 22.9 Å². The van der Waals surface area contributed by atoms with Crippen LogP contribution >= 0.6 is 15.9 Å². The maximum absolute atomic E-state index is 5.62. The minimum Gasteiger partial charge on any atom is -0.475 e. The molecule has 4 nitrogen and oxygen atoms in total. The average molecular weight is 314 g/mol. The highest BCUT2D eigenvalue weighted by Crippen LogP contribution is 2.29. The number of hydrogen-bond donors (Lipinski definition) is 0. The van der Waals surface area contributed by atoms with Crippen molar-refractivity contribution in [1.82, 2.24) is 9.97 Å². The molecular weight excluding hydrogens is 294 g/mol. The maximum Gasteiger partial charge on any atom is 0.228 e. The molecule has 1 saturated heterocycles. The molecule has 5 heteroatoms. The van der Waals surface area contributed by atoms with Gasteiger partial charge in [-0.05, 0) is 26.2 Å². The molecule has 100 valence electrons.